The smallest absolute Gasteiger partial charge is 0.223 e. The molecule has 0 aromatic heterocycles. The van der Waals surface area contributed by atoms with Gasteiger partial charge in [0.1, 0.15) is 0 Å². The van der Waals surface area contributed by atoms with Gasteiger partial charge in [0.2, 0.25) is 32.0 Å². The first-order valence-corrected chi connectivity index (χ1v) is 15.7. The second-order valence-electron chi connectivity index (χ2n) is 0.499. The van der Waals surface area contributed by atoms with Crippen molar-refractivity contribution in [1.82, 2.24) is 0 Å². The molecule has 0 bridgehead atoms. The summed E-state index contributed by atoms with van der Waals surface area (Å²) in [4.78, 5) is 0. The molecule has 0 atom stereocenters. The Morgan fingerprint density at radius 3 is 0.778 bits per heavy atom. The fourth-order valence-electron chi connectivity index (χ4n) is 0. The van der Waals surface area contributed by atoms with Gasteiger partial charge in [-0.2, -0.15) is 0 Å². The molecule has 0 saturated heterocycles. The molecule has 9 heavy (non-hydrogen) atoms. The van der Waals surface area contributed by atoms with Crippen molar-refractivity contribution >= 4 is 76.2 Å². The Labute approximate surface area is 88.6 Å². The molecule has 0 amide bonds. The molecule has 0 aliphatic rings. The summed E-state index contributed by atoms with van der Waals surface area (Å²) in [6.07, 6.45) is 0. The zero-order valence-electron chi connectivity index (χ0n) is 3.43. The van der Waals surface area contributed by atoms with E-state index in [1.165, 1.54) is 0 Å². The average Bonchev–Trinajstić information content (AvgIpc) is 1.19. The van der Waals surface area contributed by atoms with Gasteiger partial charge in [-0.1, -0.05) is 0 Å². The summed E-state index contributed by atoms with van der Waals surface area (Å²) in [5.41, 5.74) is 0. The minimum atomic E-state index is -3.05. The first kappa shape index (κ1) is 14.6. The van der Waals surface area contributed by atoms with E-state index in [1.807, 2.05) is 0 Å². The second kappa shape index (κ2) is 7.74. The van der Waals surface area contributed by atoms with Gasteiger partial charge in [0.25, 0.3) is 0 Å². The zero-order chi connectivity index (χ0) is 8.08. The molecule has 0 spiro atoms. The maximum Gasteiger partial charge on any atom is 0.331 e. The van der Waals surface area contributed by atoms with Gasteiger partial charge in [0.05, 0.1) is 0 Å². The molecule has 0 fully saturated rings. The van der Waals surface area contributed by atoms with Crippen molar-refractivity contribution in [2.75, 3.05) is 0 Å². The van der Waals surface area contributed by atoms with Crippen LogP contribution in [0.15, 0.2) is 0 Å². The van der Waals surface area contributed by atoms with Crippen molar-refractivity contribution in [3.63, 3.8) is 0 Å². The van der Waals surface area contributed by atoms with Crippen LogP contribution in [0.3, 0.4) is 0 Å². The maximum atomic E-state index is 5.01. The topological polar surface area (TPSA) is 0 Å². The Bertz CT molecular complexity index is 45.7. The summed E-state index contributed by atoms with van der Waals surface area (Å²) in [5.74, 6) is 0. The van der Waals surface area contributed by atoms with Gasteiger partial charge in [0, 0.05) is 0 Å². The molecule has 0 nitrogen and oxygen atoms in total. The van der Waals surface area contributed by atoms with Crippen LogP contribution in [-0.4, -0.2) is 0 Å². The van der Waals surface area contributed by atoms with Crippen LogP contribution in [0.25, 0.3) is 0 Å². The normalized spacial score (nSPS) is 12.4. The van der Waals surface area contributed by atoms with Crippen molar-refractivity contribution in [2.45, 2.75) is 0 Å². The van der Waals surface area contributed by atoms with Crippen molar-refractivity contribution < 1.29 is 13.9 Å². The largest absolute Gasteiger partial charge is 0.331 e. The first-order valence-electron chi connectivity index (χ1n) is 1.03. The summed E-state index contributed by atoms with van der Waals surface area (Å²) in [7, 11) is 33.6. The summed E-state index contributed by atoms with van der Waals surface area (Å²) in [5, 5.41) is 0. The van der Waals surface area contributed by atoms with E-state index >= 15 is 0 Å². The summed E-state index contributed by atoms with van der Waals surface area (Å²) >= 11 is -3.05. The maximum absolute atomic E-state index is 5.01. The van der Waals surface area contributed by atoms with Crippen LogP contribution in [0, 0.1) is 0 Å². The Balaban J connectivity index is 0. The van der Waals surface area contributed by atoms with Crippen LogP contribution in [0.5, 0.6) is 0 Å². The third-order valence-corrected chi connectivity index (χ3v) is 0. The van der Waals surface area contributed by atoms with E-state index < -0.39 is 22.5 Å². The first-order chi connectivity index (χ1) is 3.73. The van der Waals surface area contributed by atoms with E-state index in [0.717, 1.165) is 0 Å². The van der Waals surface area contributed by atoms with Gasteiger partial charge in [0.15, 0.2) is 0 Å². The monoisotopic (exact) mass is 404 g/mol. The van der Waals surface area contributed by atoms with E-state index in [1.54, 1.807) is 0 Å². The van der Waals surface area contributed by atoms with E-state index in [-0.39, 0.29) is 0 Å². The molecule has 0 unspecified atom stereocenters. The minimum Gasteiger partial charge on any atom is 0.223 e. The molecule has 0 heterocycles. The molecule has 0 radical (unpaired) electrons. The molecule has 0 N–H and O–H groups in total. The molecule has 0 aromatic rings. The number of halogens is 8. The predicted octanol–water partition coefficient (Wildman–Crippen LogP) is 1.83. The Morgan fingerprint density at radius 1 is 0.778 bits per heavy atom. The average molecular weight is 407 g/mol. The van der Waals surface area contributed by atoms with Crippen LogP contribution in [-0.2, 0) is 8.54 Å². The standard InChI is InChI=1S/Cl4I.Cl3S/c1-5(2,3)4;1-4(2)3/q-1;+1. The Hall–Kier alpha value is 3.11. The fraction of sp³-hybridized carbons (Fsp3) is 0. The molecule has 0 rings (SSSR count). The van der Waals surface area contributed by atoms with Crippen molar-refractivity contribution in [1.29, 1.82) is 0 Å². The third kappa shape index (κ3) is 95.3. The van der Waals surface area contributed by atoms with Gasteiger partial charge >= 0.3 is 58.1 Å². The van der Waals surface area contributed by atoms with E-state index in [0.29, 0.717) is 0 Å². The van der Waals surface area contributed by atoms with Crippen molar-refractivity contribution in [3.05, 3.63) is 0 Å². The van der Waals surface area contributed by atoms with Gasteiger partial charge < -0.3 is 0 Å². The number of hydrogen-bond acceptors (Lipinski definition) is 0. The predicted molar refractivity (Wildman–Crippen MR) is 48.3 cm³/mol. The molecule has 62 valence electrons. The van der Waals surface area contributed by atoms with Crippen LogP contribution < -0.4 is 13.9 Å². The molecule has 0 aromatic carbocycles. The minimum absolute atomic E-state index is 0.944. The van der Waals surface area contributed by atoms with Gasteiger partial charge in [-0.05, 0) is 0 Å². The van der Waals surface area contributed by atoms with Gasteiger partial charge in [-0.25, -0.2) is 0 Å². The SMILES string of the molecule is Cl[I-](Cl)(Cl)Cl.Cl[S+](Cl)Cl. The second-order valence-corrected chi connectivity index (χ2v) is 24.3. The van der Waals surface area contributed by atoms with Crippen molar-refractivity contribution in [3.8, 4) is 0 Å². The quantitative estimate of drug-likeness (QED) is 0.425. The van der Waals surface area contributed by atoms with Crippen LogP contribution in [0.2, 0.25) is 0 Å². The molecule has 0 saturated carbocycles. The molecule has 0 aliphatic carbocycles. The third-order valence-electron chi connectivity index (χ3n) is 0. The van der Waals surface area contributed by atoms with Gasteiger partial charge in [-0.15, -0.1) is 0 Å². The van der Waals surface area contributed by atoms with Crippen LogP contribution >= 0.6 is 67.7 Å². The zero-order valence-corrected chi connectivity index (χ0v) is 11.7. The molecular formula is Cl7IS. The molecular weight excluding hydrogens is 407 g/mol. The Kier molecular flexibility index (Phi) is 12.6. The molecule has 0 aliphatic heterocycles. The Morgan fingerprint density at radius 2 is 0.778 bits per heavy atom. The van der Waals surface area contributed by atoms with Crippen LogP contribution in [0.1, 0.15) is 0 Å². The summed E-state index contributed by atoms with van der Waals surface area (Å²) in [6, 6.07) is 0. The number of hydrogen-bond donors (Lipinski definition) is 0. The summed E-state index contributed by atoms with van der Waals surface area (Å²) in [6.45, 7) is 0. The number of rotatable bonds is 0. The van der Waals surface area contributed by atoms with E-state index in [4.69, 9.17) is 67.7 Å². The van der Waals surface area contributed by atoms with Gasteiger partial charge in [-0.3, -0.25) is 0 Å². The molecule has 9 heteroatoms. The fourth-order valence-corrected chi connectivity index (χ4v) is 0. The van der Waals surface area contributed by atoms with E-state index in [2.05, 4.69) is 0 Å². The van der Waals surface area contributed by atoms with E-state index in [9.17, 15) is 0 Å². The van der Waals surface area contributed by atoms with Crippen LogP contribution in [0.4, 0.5) is 0 Å². The van der Waals surface area contributed by atoms with Crippen molar-refractivity contribution in [2.24, 2.45) is 0 Å². The summed E-state index contributed by atoms with van der Waals surface area (Å²) < 4.78 is 0.